The molecule has 0 aromatic heterocycles. The maximum Gasteiger partial charge on any atom is 0.408 e. The number of hydrogen-bond donors (Lipinski definition) is 4. The highest BCUT2D eigenvalue weighted by Crippen LogP contribution is 2.41. The molecule has 2 rings (SSSR count). The second-order valence-corrected chi connectivity index (χ2v) is 19.4. The van der Waals surface area contributed by atoms with Crippen molar-refractivity contribution < 1.29 is 38.2 Å². The van der Waals surface area contributed by atoms with Crippen LogP contribution in [0.4, 0.5) is 4.79 Å². The molecule has 13 heteroatoms. The molecule has 12 nitrogen and oxygen atoms in total. The Morgan fingerprint density at radius 3 is 1.98 bits per heavy atom. The van der Waals surface area contributed by atoms with Gasteiger partial charge >= 0.3 is 18.0 Å². The molecule has 1 fully saturated rings. The fourth-order valence-electron chi connectivity index (χ4n) is 6.44. The predicted molar refractivity (Wildman–Crippen MR) is 181 cm³/mol. The highest BCUT2D eigenvalue weighted by atomic mass is 28.3. The van der Waals surface area contributed by atoms with Crippen molar-refractivity contribution >= 4 is 37.9 Å². The summed E-state index contributed by atoms with van der Waals surface area (Å²) in [4.78, 5) is 63.7. The van der Waals surface area contributed by atoms with Gasteiger partial charge in [-0.2, -0.15) is 0 Å². The molecule has 1 aliphatic heterocycles. The Labute approximate surface area is 279 Å². The van der Waals surface area contributed by atoms with Crippen molar-refractivity contribution in [3.05, 3.63) is 35.4 Å². The highest BCUT2D eigenvalue weighted by molar-refractivity contribution is 6.90. The van der Waals surface area contributed by atoms with Crippen LogP contribution < -0.4 is 21.3 Å². The van der Waals surface area contributed by atoms with Crippen molar-refractivity contribution in [2.45, 2.75) is 109 Å². The Kier molecular flexibility index (Phi) is 13.6. The summed E-state index contributed by atoms with van der Waals surface area (Å²) in [6, 6.07) is 5.36. The standard InChI is InChI=1S/C34H52N4O8Si/c1-21(2)47(22(3)4,23(5)6)17-16-24-12-14-25(15-13-24)29-34(31(42)45-11,18-26(37-29)30(41)35-20-28(40)44-10)38-27(39)19-36-32(43)46-33(7,8)9/h12-15,21-23,26,29,37H,18-20H2,1-11H3,(H,35,41)(H,36,43)(H,38,39)/t26-,29-,34+/m1/s1. The molecule has 1 aromatic rings. The fraction of sp³-hybridized carbons (Fsp3) is 0.618. The molecule has 1 heterocycles. The fourth-order valence-corrected chi connectivity index (χ4v) is 11.7. The molecule has 1 saturated heterocycles. The van der Waals surface area contributed by atoms with Crippen molar-refractivity contribution in [3.63, 3.8) is 0 Å². The lowest BCUT2D eigenvalue weighted by Gasteiger charge is -2.38. The first-order chi connectivity index (χ1) is 21.8. The van der Waals surface area contributed by atoms with E-state index in [0.717, 1.165) is 5.56 Å². The maximum absolute atomic E-state index is 13.5. The number of alkyl carbamates (subject to hydrolysis) is 1. The minimum absolute atomic E-state index is 0.206. The zero-order chi connectivity index (χ0) is 35.7. The monoisotopic (exact) mass is 672 g/mol. The van der Waals surface area contributed by atoms with Crippen molar-refractivity contribution in [2.75, 3.05) is 27.3 Å². The Bertz CT molecular complexity index is 1340. The van der Waals surface area contributed by atoms with E-state index in [1.165, 1.54) is 14.2 Å². The van der Waals surface area contributed by atoms with Crippen LogP contribution in [0.2, 0.25) is 16.6 Å². The average molecular weight is 673 g/mol. The van der Waals surface area contributed by atoms with Gasteiger partial charge in [-0.1, -0.05) is 59.6 Å². The van der Waals surface area contributed by atoms with Crippen molar-refractivity contribution in [3.8, 4) is 11.5 Å². The quantitative estimate of drug-likeness (QED) is 0.119. The zero-order valence-corrected chi connectivity index (χ0v) is 30.6. The molecule has 0 spiro atoms. The van der Waals surface area contributed by atoms with Crippen LogP contribution in [-0.4, -0.2) is 82.4 Å². The van der Waals surface area contributed by atoms with Gasteiger partial charge in [-0.3, -0.25) is 19.7 Å². The van der Waals surface area contributed by atoms with E-state index in [4.69, 9.17) is 9.47 Å². The number of carbonyl (C=O) groups excluding carboxylic acids is 5. The molecule has 0 saturated carbocycles. The Morgan fingerprint density at radius 2 is 1.49 bits per heavy atom. The molecule has 0 radical (unpaired) electrons. The lowest BCUT2D eigenvalue weighted by Crippen LogP contribution is -2.59. The van der Waals surface area contributed by atoms with Crippen LogP contribution in [0, 0.1) is 11.5 Å². The van der Waals surface area contributed by atoms with E-state index in [1.807, 2.05) is 12.1 Å². The summed E-state index contributed by atoms with van der Waals surface area (Å²) in [7, 11) is 0.406. The summed E-state index contributed by atoms with van der Waals surface area (Å²) in [5.74, 6) is 0.680. The van der Waals surface area contributed by atoms with Crippen LogP contribution in [-0.2, 0) is 33.4 Å². The van der Waals surface area contributed by atoms with Gasteiger partial charge in [0.15, 0.2) is 5.54 Å². The lowest BCUT2D eigenvalue weighted by atomic mass is 9.84. The Morgan fingerprint density at radius 1 is 0.915 bits per heavy atom. The molecule has 0 unspecified atom stereocenters. The molecule has 47 heavy (non-hydrogen) atoms. The summed E-state index contributed by atoms with van der Waals surface area (Å²) in [5, 5.41) is 10.8. The number of nitrogens with one attached hydrogen (secondary N) is 4. The largest absolute Gasteiger partial charge is 0.468 e. The third-order valence-corrected chi connectivity index (χ3v) is 14.9. The van der Waals surface area contributed by atoms with E-state index < -0.39 is 67.7 Å². The SMILES string of the molecule is COC(=O)CNC(=O)[C@H]1C[C@@](NC(=O)CNC(=O)OC(C)(C)C)(C(=O)OC)[C@@H](c2ccc(C#C[Si](C(C)C)(C(C)C)C(C)C)cc2)N1. The maximum atomic E-state index is 13.5. The first-order valence-corrected chi connectivity index (χ1v) is 18.2. The Hall–Kier alpha value is -3.89. The second-order valence-electron chi connectivity index (χ2n) is 13.8. The van der Waals surface area contributed by atoms with Gasteiger partial charge in [0.2, 0.25) is 11.8 Å². The van der Waals surface area contributed by atoms with Crippen molar-refractivity contribution in [2.24, 2.45) is 0 Å². The van der Waals surface area contributed by atoms with E-state index >= 15 is 0 Å². The van der Waals surface area contributed by atoms with E-state index in [9.17, 15) is 24.0 Å². The third-order valence-electron chi connectivity index (χ3n) is 8.58. The topological polar surface area (TPSA) is 161 Å². The Balaban J connectivity index is 2.50. The second kappa shape index (κ2) is 16.3. The van der Waals surface area contributed by atoms with E-state index in [2.05, 4.69) is 79.0 Å². The van der Waals surface area contributed by atoms with E-state index in [0.29, 0.717) is 22.2 Å². The van der Waals surface area contributed by atoms with Gasteiger partial charge in [-0.15, -0.1) is 5.54 Å². The molecule has 0 aliphatic carbocycles. The summed E-state index contributed by atoms with van der Waals surface area (Å²) < 4.78 is 15.0. The van der Waals surface area contributed by atoms with E-state index in [1.54, 1.807) is 32.9 Å². The number of ether oxygens (including phenoxy) is 3. The first kappa shape index (κ1) is 39.3. The van der Waals surface area contributed by atoms with Crippen LogP contribution in [0.5, 0.6) is 0 Å². The number of hydrogen-bond acceptors (Lipinski definition) is 9. The van der Waals surface area contributed by atoms with Gasteiger partial charge in [0, 0.05) is 12.0 Å². The van der Waals surface area contributed by atoms with Crippen molar-refractivity contribution in [1.29, 1.82) is 0 Å². The molecule has 1 aliphatic rings. The number of rotatable bonds is 11. The normalized spacial score (nSPS) is 19.4. The van der Waals surface area contributed by atoms with Crippen LogP contribution in [0.1, 0.15) is 85.9 Å². The number of esters is 2. The molecular weight excluding hydrogens is 620 g/mol. The zero-order valence-electron chi connectivity index (χ0n) is 29.6. The minimum atomic E-state index is -1.98. The molecule has 1 aromatic carbocycles. The number of benzene rings is 1. The summed E-state index contributed by atoms with van der Waals surface area (Å²) in [6.45, 7) is 17.7. The van der Waals surface area contributed by atoms with Crippen LogP contribution in [0.25, 0.3) is 0 Å². The smallest absolute Gasteiger partial charge is 0.408 e. The molecule has 3 amide bonds. The van der Waals surface area contributed by atoms with E-state index in [-0.39, 0.29) is 13.0 Å². The third kappa shape index (κ3) is 9.81. The summed E-state index contributed by atoms with van der Waals surface area (Å²) >= 11 is 0. The number of amides is 3. The van der Waals surface area contributed by atoms with Crippen LogP contribution in [0.15, 0.2) is 24.3 Å². The predicted octanol–water partition coefficient (Wildman–Crippen LogP) is 3.50. The van der Waals surface area contributed by atoms with Gasteiger partial charge in [-0.25, -0.2) is 9.59 Å². The van der Waals surface area contributed by atoms with Crippen LogP contribution >= 0.6 is 0 Å². The summed E-state index contributed by atoms with van der Waals surface area (Å²) in [6.07, 6.45) is -1.01. The van der Waals surface area contributed by atoms with Gasteiger partial charge in [0.25, 0.3) is 0 Å². The van der Waals surface area contributed by atoms with Gasteiger partial charge in [-0.05, 0) is 55.1 Å². The molecule has 0 bridgehead atoms. The van der Waals surface area contributed by atoms with Gasteiger partial charge in [0.05, 0.1) is 26.3 Å². The minimum Gasteiger partial charge on any atom is -0.468 e. The van der Waals surface area contributed by atoms with Gasteiger partial charge < -0.3 is 30.2 Å². The average Bonchev–Trinajstić information content (AvgIpc) is 3.37. The number of methoxy groups -OCH3 is 2. The number of carbonyl (C=O) groups is 5. The van der Waals surface area contributed by atoms with Gasteiger partial charge in [0.1, 0.15) is 26.8 Å². The lowest BCUT2D eigenvalue weighted by molar-refractivity contribution is -0.151. The van der Waals surface area contributed by atoms with Crippen LogP contribution in [0.3, 0.4) is 0 Å². The highest BCUT2D eigenvalue weighted by Gasteiger charge is 2.57. The molecule has 260 valence electrons. The molecular formula is C34H52N4O8Si. The first-order valence-electron chi connectivity index (χ1n) is 15.9. The molecule has 3 atom stereocenters. The molecule has 4 N–H and O–H groups in total. The summed E-state index contributed by atoms with van der Waals surface area (Å²) in [5.41, 5.74) is 3.95. The van der Waals surface area contributed by atoms with Crippen molar-refractivity contribution in [1.82, 2.24) is 21.3 Å².